The number of carbonyl (C=O) groups excluding carboxylic acids is 2. The van der Waals surface area contributed by atoms with E-state index in [-0.39, 0.29) is 18.9 Å². The summed E-state index contributed by atoms with van der Waals surface area (Å²) in [5.74, 6) is -2.98. The van der Waals surface area contributed by atoms with Crippen LogP contribution in [0.4, 0.5) is 0 Å². The first kappa shape index (κ1) is 24.6. The van der Waals surface area contributed by atoms with Crippen LogP contribution in [0.15, 0.2) is 35.8 Å². The molecule has 2 rings (SSSR count). The molecule has 0 bridgehead atoms. The van der Waals surface area contributed by atoms with Gasteiger partial charge in [0.2, 0.25) is 17.2 Å². The van der Waals surface area contributed by atoms with Gasteiger partial charge in [-0.25, -0.2) is 9.78 Å². The highest BCUT2D eigenvalue weighted by Gasteiger charge is 2.29. The van der Waals surface area contributed by atoms with Gasteiger partial charge < -0.3 is 36.1 Å². The second kappa shape index (κ2) is 11.1. The minimum Gasteiger partial charge on any atom is -0.503 e. The number of aliphatic carboxylic acids is 1. The molecule has 2 aromatic heterocycles. The quantitative estimate of drug-likeness (QED) is 0.250. The van der Waals surface area contributed by atoms with Crippen LogP contribution in [0.2, 0.25) is 0 Å². The number of carbonyl (C=O) groups is 3. The number of H-pyrrole nitrogens is 1. The topological polar surface area (TPSA) is 192 Å². The molecule has 0 aromatic carbocycles. The summed E-state index contributed by atoms with van der Waals surface area (Å²) in [7, 11) is 0. The molecule has 32 heavy (non-hydrogen) atoms. The Hall–Kier alpha value is -3.67. The second-order valence-corrected chi connectivity index (χ2v) is 7.87. The van der Waals surface area contributed by atoms with Crippen molar-refractivity contribution >= 4 is 17.8 Å². The van der Waals surface area contributed by atoms with Crippen LogP contribution in [0.1, 0.15) is 26.0 Å². The van der Waals surface area contributed by atoms with Gasteiger partial charge in [0.05, 0.1) is 18.9 Å². The number of pyridine rings is 1. The molecule has 2 amide bonds. The summed E-state index contributed by atoms with van der Waals surface area (Å²) in [5.41, 5.74) is 5.85. The van der Waals surface area contributed by atoms with Gasteiger partial charge in [-0.1, -0.05) is 13.8 Å². The first-order valence-corrected chi connectivity index (χ1v) is 10.0. The van der Waals surface area contributed by atoms with Gasteiger partial charge in [0.15, 0.2) is 5.75 Å². The van der Waals surface area contributed by atoms with E-state index >= 15 is 0 Å². The number of carboxylic acids is 1. The average Bonchev–Trinajstić information content (AvgIpc) is 3.22. The first-order valence-electron chi connectivity index (χ1n) is 10.0. The Morgan fingerprint density at radius 1 is 1.22 bits per heavy atom. The van der Waals surface area contributed by atoms with Gasteiger partial charge >= 0.3 is 5.97 Å². The minimum atomic E-state index is -1.39. The second-order valence-electron chi connectivity index (χ2n) is 7.87. The average molecular weight is 448 g/mol. The highest BCUT2D eigenvalue weighted by molar-refractivity contribution is 5.91. The molecule has 0 aliphatic rings. The smallest absolute Gasteiger partial charge is 0.328 e. The van der Waals surface area contributed by atoms with Gasteiger partial charge in [-0.3, -0.25) is 14.4 Å². The number of hydrogen-bond acceptors (Lipinski definition) is 7. The lowest BCUT2D eigenvalue weighted by Crippen LogP contribution is -2.56. The van der Waals surface area contributed by atoms with Crippen molar-refractivity contribution in [2.45, 2.75) is 51.4 Å². The molecule has 0 spiro atoms. The normalized spacial score (nSPS) is 13.9. The number of carboxylic acid groups (broad SMARTS) is 1. The maximum Gasteiger partial charge on any atom is 0.328 e. The first-order chi connectivity index (χ1) is 15.1. The van der Waals surface area contributed by atoms with Crippen LogP contribution < -0.4 is 21.8 Å². The van der Waals surface area contributed by atoms with E-state index < -0.39 is 47.1 Å². The third-order valence-corrected chi connectivity index (χ3v) is 4.64. The summed E-state index contributed by atoms with van der Waals surface area (Å²) < 4.78 is 1.26. The van der Waals surface area contributed by atoms with Gasteiger partial charge in [0.25, 0.3) is 0 Å². The molecule has 12 heteroatoms. The van der Waals surface area contributed by atoms with Gasteiger partial charge in [0.1, 0.15) is 12.1 Å². The maximum absolute atomic E-state index is 12.9. The van der Waals surface area contributed by atoms with Gasteiger partial charge in [0, 0.05) is 36.8 Å². The monoisotopic (exact) mass is 448 g/mol. The lowest BCUT2D eigenvalue weighted by Gasteiger charge is -2.23. The number of nitrogens with two attached hydrogens (primary N) is 1. The molecule has 2 heterocycles. The molecular formula is C20H28N6O6. The number of aromatic hydroxyl groups is 1. The number of aromatic nitrogens is 3. The van der Waals surface area contributed by atoms with Crippen LogP contribution >= 0.6 is 0 Å². The number of imidazole rings is 1. The van der Waals surface area contributed by atoms with Crippen molar-refractivity contribution in [3.05, 3.63) is 46.9 Å². The molecule has 2 aromatic rings. The Labute approximate surface area is 183 Å². The summed E-state index contributed by atoms with van der Waals surface area (Å²) in [6.45, 7) is 3.56. The van der Waals surface area contributed by atoms with Gasteiger partial charge in [-0.15, -0.1) is 0 Å². The molecule has 0 saturated carbocycles. The lowest BCUT2D eigenvalue weighted by molar-refractivity contribution is -0.142. The SMILES string of the molecule is CC(C)C[C@H](N)C(=O)N[C@@H](Cc1cnc[nH]1)C(=O)NC(Cn1ccc(=O)c(O)c1)C(=O)O. The number of rotatable bonds is 11. The van der Waals surface area contributed by atoms with E-state index in [4.69, 9.17) is 5.73 Å². The van der Waals surface area contributed by atoms with E-state index in [1.807, 2.05) is 13.8 Å². The summed E-state index contributed by atoms with van der Waals surface area (Å²) in [5, 5.41) is 24.0. The molecule has 0 saturated heterocycles. The van der Waals surface area contributed by atoms with E-state index in [1.165, 1.54) is 23.3 Å². The summed E-state index contributed by atoms with van der Waals surface area (Å²) in [4.78, 5) is 55.1. The molecule has 0 fully saturated rings. The van der Waals surface area contributed by atoms with Crippen molar-refractivity contribution in [2.75, 3.05) is 0 Å². The zero-order chi connectivity index (χ0) is 23.8. The Morgan fingerprint density at radius 3 is 2.47 bits per heavy atom. The third-order valence-electron chi connectivity index (χ3n) is 4.64. The Balaban J connectivity index is 2.16. The van der Waals surface area contributed by atoms with Crippen molar-refractivity contribution in [3.8, 4) is 5.75 Å². The highest BCUT2D eigenvalue weighted by atomic mass is 16.4. The number of amides is 2. The minimum absolute atomic E-state index is 0.0388. The number of aromatic amines is 1. The van der Waals surface area contributed by atoms with E-state index in [9.17, 15) is 29.4 Å². The van der Waals surface area contributed by atoms with Crippen molar-refractivity contribution in [1.82, 2.24) is 25.2 Å². The maximum atomic E-state index is 12.9. The van der Waals surface area contributed by atoms with Gasteiger partial charge in [-0.05, 0) is 12.3 Å². The fraction of sp³-hybridized carbons (Fsp3) is 0.450. The van der Waals surface area contributed by atoms with Crippen LogP contribution in [0.5, 0.6) is 5.75 Å². The number of nitrogens with one attached hydrogen (secondary N) is 3. The molecule has 0 aliphatic heterocycles. The van der Waals surface area contributed by atoms with Crippen LogP contribution in [-0.4, -0.2) is 60.7 Å². The fourth-order valence-corrected chi connectivity index (χ4v) is 3.01. The van der Waals surface area contributed by atoms with Crippen molar-refractivity contribution in [2.24, 2.45) is 11.7 Å². The number of hydrogen-bond donors (Lipinski definition) is 6. The highest BCUT2D eigenvalue weighted by Crippen LogP contribution is 2.06. The van der Waals surface area contributed by atoms with Crippen LogP contribution in [0.25, 0.3) is 0 Å². The van der Waals surface area contributed by atoms with Crippen LogP contribution in [-0.2, 0) is 27.3 Å². The molecule has 174 valence electrons. The van der Waals surface area contributed by atoms with E-state index in [0.717, 1.165) is 12.3 Å². The van der Waals surface area contributed by atoms with E-state index in [0.29, 0.717) is 12.1 Å². The Bertz CT molecular complexity index is 987. The van der Waals surface area contributed by atoms with Gasteiger partial charge in [-0.2, -0.15) is 0 Å². The van der Waals surface area contributed by atoms with E-state index in [1.54, 1.807) is 0 Å². The molecule has 12 nitrogen and oxygen atoms in total. The summed E-state index contributed by atoms with van der Waals surface area (Å²) >= 11 is 0. The molecule has 3 atom stereocenters. The van der Waals surface area contributed by atoms with Crippen LogP contribution in [0, 0.1) is 5.92 Å². The van der Waals surface area contributed by atoms with Crippen molar-refractivity contribution in [3.63, 3.8) is 0 Å². The standard InChI is InChI=1S/C20H28N6O6/c1-11(2)5-13(21)18(29)24-14(6-12-7-22-10-23-12)19(30)25-15(20(31)32)8-26-4-3-16(27)17(28)9-26/h3-4,7,9-11,13-15,28H,5-6,8,21H2,1-2H3,(H,22,23)(H,24,29)(H,25,30)(H,31,32)/t13-,14-,15?/m0/s1. The molecular weight excluding hydrogens is 420 g/mol. The third kappa shape index (κ3) is 7.23. The zero-order valence-electron chi connectivity index (χ0n) is 17.8. The zero-order valence-corrected chi connectivity index (χ0v) is 17.8. The summed E-state index contributed by atoms with van der Waals surface area (Å²) in [6, 6.07) is -2.25. The van der Waals surface area contributed by atoms with Crippen LogP contribution in [0.3, 0.4) is 0 Å². The number of nitrogens with zero attached hydrogens (tertiary/aromatic N) is 2. The van der Waals surface area contributed by atoms with E-state index in [2.05, 4.69) is 20.6 Å². The Morgan fingerprint density at radius 2 is 1.91 bits per heavy atom. The molecule has 0 aliphatic carbocycles. The lowest BCUT2D eigenvalue weighted by atomic mass is 10.0. The van der Waals surface area contributed by atoms with Crippen molar-refractivity contribution in [1.29, 1.82) is 0 Å². The predicted molar refractivity (Wildman–Crippen MR) is 114 cm³/mol. The Kier molecular flexibility index (Phi) is 8.53. The molecule has 7 N–H and O–H groups in total. The summed E-state index contributed by atoms with van der Waals surface area (Å²) in [6.07, 6.45) is 5.71. The molecule has 1 unspecified atom stereocenters. The fourth-order valence-electron chi connectivity index (χ4n) is 3.01. The largest absolute Gasteiger partial charge is 0.503 e. The van der Waals surface area contributed by atoms with Crippen molar-refractivity contribution < 1.29 is 24.6 Å². The molecule has 0 radical (unpaired) electrons. The predicted octanol–water partition coefficient (Wildman–Crippen LogP) is -1.05.